The Morgan fingerprint density at radius 2 is 2.13 bits per heavy atom. The molecule has 0 saturated carbocycles. The number of fused-ring (bicyclic) bond motifs is 2. The van der Waals surface area contributed by atoms with Crippen molar-refractivity contribution >= 4 is 51.6 Å². The number of likely N-dealkylation sites (tertiary alicyclic amines) is 1. The summed E-state index contributed by atoms with van der Waals surface area (Å²) in [4.78, 5) is 35.1. The zero-order valence-electron chi connectivity index (χ0n) is 22.1. The Hall–Kier alpha value is -3.05. The van der Waals surface area contributed by atoms with Gasteiger partial charge in [-0.05, 0) is 51.0 Å². The van der Waals surface area contributed by atoms with Crippen molar-refractivity contribution in [2.75, 3.05) is 37.8 Å². The summed E-state index contributed by atoms with van der Waals surface area (Å²) in [5, 5.41) is 7.57. The number of nitrogens with one attached hydrogen (secondary N) is 3. The normalized spacial score (nSPS) is 20.1. The first-order chi connectivity index (χ1) is 18.6. The van der Waals surface area contributed by atoms with Gasteiger partial charge in [-0.15, -0.1) is 0 Å². The number of carbonyl (C=O) groups excluding carboxylic acids is 1. The molecule has 1 fully saturated rings. The van der Waals surface area contributed by atoms with Gasteiger partial charge in [0.25, 0.3) is 11.5 Å². The van der Waals surface area contributed by atoms with E-state index in [-0.39, 0.29) is 23.7 Å². The molecule has 10 nitrogen and oxygen atoms in total. The van der Waals surface area contributed by atoms with Crippen LogP contribution in [0.3, 0.4) is 0 Å². The summed E-state index contributed by atoms with van der Waals surface area (Å²) < 4.78 is 11.9. The molecule has 0 bridgehead atoms. The molecule has 0 aliphatic carbocycles. The summed E-state index contributed by atoms with van der Waals surface area (Å²) in [6, 6.07) is 6.40. The van der Waals surface area contributed by atoms with Crippen LogP contribution in [-0.4, -0.2) is 65.4 Å². The fourth-order valence-corrected chi connectivity index (χ4v) is 5.75. The highest BCUT2D eigenvalue weighted by Gasteiger charge is 2.39. The molecule has 0 spiro atoms. The van der Waals surface area contributed by atoms with Crippen molar-refractivity contribution in [2.24, 2.45) is 0 Å². The smallest absolute Gasteiger partial charge is 0.260 e. The van der Waals surface area contributed by atoms with Crippen molar-refractivity contribution in [3.63, 3.8) is 0 Å². The van der Waals surface area contributed by atoms with Crippen LogP contribution in [0.25, 0.3) is 10.9 Å². The molecular formula is C27H32Cl2N6O4. The van der Waals surface area contributed by atoms with Crippen LogP contribution in [-0.2, 0) is 11.2 Å². The number of halogens is 2. The molecule has 1 saturated heterocycles. The lowest BCUT2D eigenvalue weighted by Crippen LogP contribution is -2.46. The number of rotatable bonds is 8. The van der Waals surface area contributed by atoms with E-state index in [2.05, 4.69) is 25.5 Å². The Morgan fingerprint density at radius 1 is 1.33 bits per heavy atom. The molecule has 0 radical (unpaired) electrons. The zero-order chi connectivity index (χ0) is 27.9. The second-order valence-electron chi connectivity index (χ2n) is 10.6. The van der Waals surface area contributed by atoms with Gasteiger partial charge in [0.1, 0.15) is 17.6 Å². The first kappa shape index (κ1) is 27.5. The van der Waals surface area contributed by atoms with Gasteiger partial charge in [0.05, 0.1) is 33.2 Å². The Morgan fingerprint density at radius 3 is 2.90 bits per heavy atom. The van der Waals surface area contributed by atoms with Crippen LogP contribution in [0.1, 0.15) is 42.6 Å². The highest BCUT2D eigenvalue weighted by atomic mass is 35.5. The van der Waals surface area contributed by atoms with Gasteiger partial charge in [0, 0.05) is 43.8 Å². The molecule has 2 aromatic carbocycles. The van der Waals surface area contributed by atoms with Crippen LogP contribution in [0, 0.1) is 0 Å². The van der Waals surface area contributed by atoms with Gasteiger partial charge >= 0.3 is 0 Å². The van der Waals surface area contributed by atoms with Gasteiger partial charge in [-0.25, -0.2) is 4.98 Å². The van der Waals surface area contributed by atoms with E-state index < -0.39 is 5.60 Å². The summed E-state index contributed by atoms with van der Waals surface area (Å²) in [5.74, 6) is 0.636. The number of aromatic amines is 1. The molecule has 3 aromatic rings. The summed E-state index contributed by atoms with van der Waals surface area (Å²) >= 11 is 12.3. The van der Waals surface area contributed by atoms with Crippen LogP contribution in [0.5, 0.6) is 5.75 Å². The van der Waals surface area contributed by atoms with Crippen molar-refractivity contribution in [3.05, 3.63) is 55.8 Å². The first-order valence-electron chi connectivity index (χ1n) is 12.9. The molecule has 0 unspecified atom stereocenters. The summed E-state index contributed by atoms with van der Waals surface area (Å²) in [7, 11) is 1.64. The largest absolute Gasteiger partial charge is 0.486 e. The van der Waals surface area contributed by atoms with Gasteiger partial charge < -0.3 is 25.8 Å². The lowest BCUT2D eigenvalue weighted by molar-refractivity contribution is -0.0182. The van der Waals surface area contributed by atoms with Crippen LogP contribution < -0.4 is 26.7 Å². The standard InChI is InChI=1S/C27H32Cl2N6O4/c1-27(2)13-17-21(30)18(29)12-16(22(17)39-27)24(37)32-20-7-10-35(25(20)38-3)9-4-8-31-26-33-19-6-5-14(28)11-15(19)23(36)34-26/h5-6,11-12,20,25H,4,7-10,13,30H2,1-3H3,(H,32,37)(H2,31,33,34,36)/t20-,25-/m0/s1. The lowest BCUT2D eigenvalue weighted by atomic mass is 9.98. The number of methoxy groups -OCH3 is 1. The molecule has 2 aliphatic heterocycles. The third-order valence-corrected chi connectivity index (χ3v) is 7.72. The van der Waals surface area contributed by atoms with Crippen LogP contribution in [0.2, 0.25) is 10.0 Å². The maximum Gasteiger partial charge on any atom is 0.260 e. The van der Waals surface area contributed by atoms with E-state index in [1.54, 1.807) is 31.4 Å². The number of carbonyl (C=O) groups is 1. The van der Waals surface area contributed by atoms with Gasteiger partial charge in [-0.1, -0.05) is 23.2 Å². The summed E-state index contributed by atoms with van der Waals surface area (Å²) in [6.07, 6.45) is 1.80. The molecule has 2 aliphatic rings. The number of amides is 1. The number of nitrogens with two attached hydrogens (primary N) is 1. The predicted molar refractivity (Wildman–Crippen MR) is 153 cm³/mol. The average molecular weight is 575 g/mol. The summed E-state index contributed by atoms with van der Waals surface area (Å²) in [5.41, 5.74) is 7.65. The number of hydrogen-bond donors (Lipinski definition) is 4. The summed E-state index contributed by atoms with van der Waals surface area (Å²) in [6.45, 7) is 5.99. The monoisotopic (exact) mass is 574 g/mol. The molecule has 39 heavy (non-hydrogen) atoms. The Bertz CT molecular complexity index is 1480. The molecular weight excluding hydrogens is 543 g/mol. The molecule has 12 heteroatoms. The third kappa shape index (κ3) is 5.65. The topological polar surface area (TPSA) is 135 Å². The lowest BCUT2D eigenvalue weighted by Gasteiger charge is -2.27. The minimum Gasteiger partial charge on any atom is -0.486 e. The highest BCUT2D eigenvalue weighted by Crippen LogP contribution is 2.44. The second kappa shape index (κ2) is 10.8. The van der Waals surface area contributed by atoms with E-state index in [1.807, 2.05) is 13.8 Å². The Labute approximate surface area is 236 Å². The van der Waals surface area contributed by atoms with Crippen molar-refractivity contribution in [2.45, 2.75) is 51.0 Å². The maximum atomic E-state index is 13.3. The second-order valence-corrected chi connectivity index (χ2v) is 11.4. The fraction of sp³-hybridized carbons (Fsp3) is 0.444. The SMILES string of the molecule is CO[C@H]1[C@@H](NC(=O)c2cc(Cl)c(N)c3c2OC(C)(C)C3)CCN1CCCNc1nc2ccc(Cl)cc2c(=O)[nH]1. The van der Waals surface area contributed by atoms with Crippen LogP contribution in [0.4, 0.5) is 11.6 Å². The van der Waals surface area contributed by atoms with E-state index in [1.165, 1.54) is 0 Å². The Balaban J connectivity index is 1.18. The van der Waals surface area contributed by atoms with Gasteiger partial charge in [0.15, 0.2) is 0 Å². The molecule has 5 rings (SSSR count). The van der Waals surface area contributed by atoms with Gasteiger partial charge in [-0.2, -0.15) is 0 Å². The molecule has 5 N–H and O–H groups in total. The van der Waals surface area contributed by atoms with Crippen molar-refractivity contribution in [1.82, 2.24) is 20.2 Å². The minimum absolute atomic E-state index is 0.206. The van der Waals surface area contributed by atoms with E-state index in [4.69, 9.17) is 38.4 Å². The van der Waals surface area contributed by atoms with E-state index >= 15 is 0 Å². The highest BCUT2D eigenvalue weighted by molar-refractivity contribution is 6.34. The first-order valence-corrected chi connectivity index (χ1v) is 13.6. The molecule has 208 valence electrons. The number of aromatic nitrogens is 2. The molecule has 1 aromatic heterocycles. The van der Waals surface area contributed by atoms with Crippen molar-refractivity contribution < 1.29 is 14.3 Å². The van der Waals surface area contributed by atoms with Crippen LogP contribution in [0.15, 0.2) is 29.1 Å². The van der Waals surface area contributed by atoms with E-state index in [9.17, 15) is 9.59 Å². The van der Waals surface area contributed by atoms with Gasteiger partial charge in [-0.3, -0.25) is 19.5 Å². The number of nitrogens with zero attached hydrogens (tertiary/aromatic N) is 2. The van der Waals surface area contributed by atoms with E-state index in [0.29, 0.717) is 56.9 Å². The number of hydrogen-bond acceptors (Lipinski definition) is 8. The van der Waals surface area contributed by atoms with E-state index in [0.717, 1.165) is 31.5 Å². The fourth-order valence-electron chi connectivity index (χ4n) is 5.35. The predicted octanol–water partition coefficient (Wildman–Crippen LogP) is 3.80. The van der Waals surface area contributed by atoms with Crippen molar-refractivity contribution in [1.29, 1.82) is 0 Å². The quantitative estimate of drug-likeness (QED) is 0.235. The maximum absolute atomic E-state index is 13.3. The number of H-pyrrole nitrogens is 1. The van der Waals surface area contributed by atoms with Crippen LogP contribution >= 0.6 is 23.2 Å². The van der Waals surface area contributed by atoms with Gasteiger partial charge in [0.2, 0.25) is 5.95 Å². The minimum atomic E-state index is -0.466. The zero-order valence-corrected chi connectivity index (χ0v) is 23.6. The average Bonchev–Trinajstić information content (AvgIpc) is 3.43. The number of ether oxygens (including phenoxy) is 2. The number of anilines is 2. The van der Waals surface area contributed by atoms with Crippen molar-refractivity contribution in [3.8, 4) is 5.75 Å². The number of nitrogen functional groups attached to an aromatic ring is 1. The molecule has 1 amide bonds. The Kier molecular flexibility index (Phi) is 7.65. The third-order valence-electron chi connectivity index (χ3n) is 7.17. The number of benzene rings is 2. The molecule has 2 atom stereocenters. The molecule has 3 heterocycles.